The normalized spacial score (nSPS) is 11.8. The number of hydrogen-bond acceptors (Lipinski definition) is 5. The Labute approximate surface area is 123 Å². The number of nitrogens with one attached hydrogen (secondary N) is 1. The molecule has 0 radical (unpaired) electrons. The van der Waals surface area contributed by atoms with Gasteiger partial charge in [0.2, 0.25) is 0 Å². The van der Waals surface area contributed by atoms with Gasteiger partial charge in [-0.25, -0.2) is 0 Å². The summed E-state index contributed by atoms with van der Waals surface area (Å²) in [6, 6.07) is 9.80. The number of benzene rings is 2. The molecule has 0 fully saturated rings. The van der Waals surface area contributed by atoms with Crippen molar-refractivity contribution in [1.82, 2.24) is 0 Å². The van der Waals surface area contributed by atoms with E-state index in [1.54, 1.807) is 20.3 Å². The number of methoxy groups -OCH3 is 2. The third-order valence-corrected chi connectivity index (χ3v) is 3.26. The van der Waals surface area contributed by atoms with Crippen LogP contribution in [0, 0.1) is 0 Å². The monoisotopic (exact) mass is 289 g/mol. The molecule has 5 nitrogen and oxygen atoms in total. The smallest absolute Gasteiger partial charge is 0.142 e. The van der Waals surface area contributed by atoms with Crippen LogP contribution in [0.5, 0.6) is 23.0 Å². The summed E-state index contributed by atoms with van der Waals surface area (Å²) in [5.41, 5.74) is 1.44. The standard InChI is InChI=1S/C16H19NO4/c1-10(13-6-4-11(18)8-15(13)19)17-14-9-12(20-2)5-7-16(14)21-3/h4-10,17-19H,1-3H3. The Balaban J connectivity index is 2.28. The first-order valence-electron chi connectivity index (χ1n) is 6.55. The number of phenols is 2. The first-order valence-corrected chi connectivity index (χ1v) is 6.55. The summed E-state index contributed by atoms with van der Waals surface area (Å²) in [6.07, 6.45) is 0. The van der Waals surface area contributed by atoms with Crippen LogP contribution in [-0.4, -0.2) is 24.4 Å². The quantitative estimate of drug-likeness (QED) is 0.788. The summed E-state index contributed by atoms with van der Waals surface area (Å²) in [7, 11) is 3.19. The first-order chi connectivity index (χ1) is 10.0. The van der Waals surface area contributed by atoms with Crippen molar-refractivity contribution >= 4 is 5.69 Å². The number of anilines is 1. The lowest BCUT2D eigenvalue weighted by Crippen LogP contribution is -2.08. The average molecular weight is 289 g/mol. The molecule has 2 aromatic carbocycles. The third-order valence-electron chi connectivity index (χ3n) is 3.26. The SMILES string of the molecule is COc1ccc(OC)c(NC(C)c2ccc(O)cc2O)c1. The molecule has 0 aliphatic rings. The van der Waals surface area contributed by atoms with E-state index < -0.39 is 0 Å². The van der Waals surface area contributed by atoms with Crippen LogP contribution >= 0.6 is 0 Å². The van der Waals surface area contributed by atoms with E-state index in [4.69, 9.17) is 9.47 Å². The van der Waals surface area contributed by atoms with Gasteiger partial charge in [0, 0.05) is 17.7 Å². The summed E-state index contributed by atoms with van der Waals surface area (Å²) in [5.74, 6) is 1.46. The van der Waals surface area contributed by atoms with Gasteiger partial charge in [0.25, 0.3) is 0 Å². The molecule has 3 N–H and O–H groups in total. The minimum atomic E-state index is -0.174. The van der Waals surface area contributed by atoms with E-state index in [0.717, 1.165) is 5.69 Å². The first kappa shape index (κ1) is 14.8. The van der Waals surface area contributed by atoms with Crippen LogP contribution in [0.25, 0.3) is 0 Å². The molecule has 112 valence electrons. The van der Waals surface area contributed by atoms with Crippen molar-refractivity contribution in [1.29, 1.82) is 0 Å². The fraction of sp³-hybridized carbons (Fsp3) is 0.250. The Morgan fingerprint density at radius 3 is 2.38 bits per heavy atom. The largest absolute Gasteiger partial charge is 0.508 e. The molecule has 5 heteroatoms. The second kappa shape index (κ2) is 6.26. The van der Waals surface area contributed by atoms with E-state index in [2.05, 4.69) is 5.32 Å². The van der Waals surface area contributed by atoms with Gasteiger partial charge >= 0.3 is 0 Å². The van der Waals surface area contributed by atoms with E-state index in [1.165, 1.54) is 12.1 Å². The van der Waals surface area contributed by atoms with Crippen molar-refractivity contribution in [3.05, 3.63) is 42.0 Å². The number of ether oxygens (including phenoxy) is 2. The molecular weight excluding hydrogens is 270 g/mol. The van der Waals surface area contributed by atoms with E-state index in [0.29, 0.717) is 17.1 Å². The highest BCUT2D eigenvalue weighted by atomic mass is 16.5. The van der Waals surface area contributed by atoms with E-state index in [-0.39, 0.29) is 17.5 Å². The van der Waals surface area contributed by atoms with Crippen molar-refractivity contribution < 1.29 is 19.7 Å². The second-order valence-corrected chi connectivity index (χ2v) is 4.68. The fourth-order valence-corrected chi connectivity index (χ4v) is 2.14. The Kier molecular flexibility index (Phi) is 4.42. The zero-order valence-corrected chi connectivity index (χ0v) is 12.3. The lowest BCUT2D eigenvalue weighted by atomic mass is 10.1. The van der Waals surface area contributed by atoms with Crippen molar-refractivity contribution in [2.45, 2.75) is 13.0 Å². The van der Waals surface area contributed by atoms with Gasteiger partial charge < -0.3 is 25.0 Å². The van der Waals surface area contributed by atoms with Crippen LogP contribution < -0.4 is 14.8 Å². The molecule has 2 rings (SSSR count). The molecule has 0 saturated heterocycles. The van der Waals surface area contributed by atoms with Crippen molar-refractivity contribution in [2.75, 3.05) is 19.5 Å². The predicted molar refractivity (Wildman–Crippen MR) is 81.4 cm³/mol. The molecule has 0 heterocycles. The van der Waals surface area contributed by atoms with Gasteiger partial charge in [0.15, 0.2) is 0 Å². The Morgan fingerprint density at radius 2 is 1.76 bits per heavy atom. The van der Waals surface area contributed by atoms with Gasteiger partial charge in [-0.3, -0.25) is 0 Å². The van der Waals surface area contributed by atoms with Gasteiger partial charge in [-0.2, -0.15) is 0 Å². The summed E-state index contributed by atoms with van der Waals surface area (Å²) < 4.78 is 10.5. The highest BCUT2D eigenvalue weighted by molar-refractivity contribution is 5.61. The van der Waals surface area contributed by atoms with Gasteiger partial charge in [-0.15, -0.1) is 0 Å². The van der Waals surface area contributed by atoms with Crippen LogP contribution in [0.4, 0.5) is 5.69 Å². The third kappa shape index (κ3) is 3.31. The maximum absolute atomic E-state index is 9.91. The topological polar surface area (TPSA) is 71.0 Å². The van der Waals surface area contributed by atoms with Gasteiger partial charge in [-0.1, -0.05) is 0 Å². The summed E-state index contributed by atoms with van der Waals surface area (Å²) in [6.45, 7) is 1.91. The number of rotatable bonds is 5. The molecule has 0 spiro atoms. The Bertz CT molecular complexity index is 628. The van der Waals surface area contributed by atoms with E-state index >= 15 is 0 Å². The Hall–Kier alpha value is -2.56. The molecule has 1 atom stereocenters. The molecule has 1 unspecified atom stereocenters. The highest BCUT2D eigenvalue weighted by Crippen LogP contribution is 2.34. The molecule has 0 saturated carbocycles. The van der Waals surface area contributed by atoms with Crippen molar-refractivity contribution in [3.8, 4) is 23.0 Å². The summed E-state index contributed by atoms with van der Waals surface area (Å²) in [4.78, 5) is 0. The molecule has 0 aliphatic heterocycles. The molecule has 0 aromatic heterocycles. The number of hydrogen-bond donors (Lipinski definition) is 3. The van der Waals surface area contributed by atoms with Crippen LogP contribution in [0.15, 0.2) is 36.4 Å². The summed E-state index contributed by atoms with van der Waals surface area (Å²) in [5, 5.41) is 22.5. The highest BCUT2D eigenvalue weighted by Gasteiger charge is 2.13. The second-order valence-electron chi connectivity index (χ2n) is 4.68. The zero-order chi connectivity index (χ0) is 15.4. The minimum absolute atomic E-state index is 0.0300. The van der Waals surface area contributed by atoms with Gasteiger partial charge in [0.05, 0.1) is 25.9 Å². The van der Waals surface area contributed by atoms with E-state index in [9.17, 15) is 10.2 Å². The maximum Gasteiger partial charge on any atom is 0.142 e. The van der Waals surface area contributed by atoms with Crippen LogP contribution in [0.3, 0.4) is 0 Å². The average Bonchev–Trinajstić information content (AvgIpc) is 2.46. The molecular formula is C16H19NO4. The lowest BCUT2D eigenvalue weighted by Gasteiger charge is -2.19. The van der Waals surface area contributed by atoms with Crippen LogP contribution in [-0.2, 0) is 0 Å². The van der Waals surface area contributed by atoms with Crippen molar-refractivity contribution in [3.63, 3.8) is 0 Å². The molecule has 0 aliphatic carbocycles. The van der Waals surface area contributed by atoms with Crippen molar-refractivity contribution in [2.24, 2.45) is 0 Å². The van der Waals surface area contributed by atoms with Crippen LogP contribution in [0.2, 0.25) is 0 Å². The molecule has 0 amide bonds. The van der Waals surface area contributed by atoms with Crippen LogP contribution in [0.1, 0.15) is 18.5 Å². The minimum Gasteiger partial charge on any atom is -0.508 e. The molecule has 21 heavy (non-hydrogen) atoms. The van der Waals surface area contributed by atoms with E-state index in [1.807, 2.05) is 25.1 Å². The molecule has 0 bridgehead atoms. The zero-order valence-electron chi connectivity index (χ0n) is 12.3. The molecule has 2 aromatic rings. The summed E-state index contributed by atoms with van der Waals surface area (Å²) >= 11 is 0. The Morgan fingerprint density at radius 1 is 1.00 bits per heavy atom. The fourth-order valence-electron chi connectivity index (χ4n) is 2.14. The predicted octanol–water partition coefficient (Wildman–Crippen LogP) is 3.29. The van der Waals surface area contributed by atoms with Gasteiger partial charge in [0.1, 0.15) is 23.0 Å². The lowest BCUT2D eigenvalue weighted by molar-refractivity contribution is 0.404. The maximum atomic E-state index is 9.91. The number of aromatic hydroxyl groups is 2. The number of phenolic OH excluding ortho intramolecular Hbond substituents is 2. The van der Waals surface area contributed by atoms with Gasteiger partial charge in [-0.05, 0) is 31.2 Å².